The molecule has 2 N–H and O–H groups in total. The van der Waals surface area contributed by atoms with Crippen LogP contribution in [-0.4, -0.2) is 60.6 Å². The molecule has 3 saturated heterocycles. The molecule has 2 amide bonds. The number of nitrogens with zero attached hydrogens (tertiary/aromatic N) is 4. The van der Waals surface area contributed by atoms with Gasteiger partial charge in [0.1, 0.15) is 6.04 Å². The second-order valence-electron chi connectivity index (χ2n) is 6.79. The molecule has 2 unspecified atom stereocenters. The van der Waals surface area contributed by atoms with E-state index in [2.05, 4.69) is 15.5 Å². The first-order chi connectivity index (χ1) is 11.6. The predicted molar refractivity (Wildman–Crippen MR) is 78.4 cm³/mol. The van der Waals surface area contributed by atoms with Gasteiger partial charge in [0.25, 0.3) is 0 Å². The van der Waals surface area contributed by atoms with Gasteiger partial charge < -0.3 is 14.6 Å². The summed E-state index contributed by atoms with van der Waals surface area (Å²) in [6.45, 7) is 2.41. The topological polar surface area (TPSA) is 121 Å². The number of nitrogens with one attached hydrogen (secondary N) is 1. The van der Waals surface area contributed by atoms with Gasteiger partial charge in [-0.2, -0.15) is 9.27 Å². The summed E-state index contributed by atoms with van der Waals surface area (Å²) in [5.41, 5.74) is 0. The van der Waals surface area contributed by atoms with Crippen LogP contribution in [0.25, 0.3) is 0 Å². The van der Waals surface area contributed by atoms with E-state index in [0.717, 1.165) is 18.2 Å². The molecular formula is C13H17N5O5S. The molecular weight excluding hydrogens is 338 g/mol. The molecule has 10 nitrogen and oxygen atoms in total. The highest BCUT2D eigenvalue weighted by molar-refractivity contribution is 7.74. The van der Waals surface area contributed by atoms with Crippen LogP contribution in [0.2, 0.25) is 0 Å². The van der Waals surface area contributed by atoms with Gasteiger partial charge in [0, 0.05) is 12.5 Å². The fraction of sp³-hybridized carbons (Fsp3) is 0.769. The molecule has 11 heteroatoms. The zero-order chi connectivity index (χ0) is 16.4. The van der Waals surface area contributed by atoms with E-state index in [4.69, 9.17) is 13.3 Å². The lowest BCUT2D eigenvalue weighted by atomic mass is 10.0. The molecule has 1 aromatic heterocycles. The van der Waals surface area contributed by atoms with E-state index in [1.807, 2.05) is 0 Å². The highest BCUT2D eigenvalue weighted by Crippen LogP contribution is 2.55. The lowest BCUT2D eigenvalue weighted by Gasteiger charge is -2.27. The number of aromatic nitrogens is 2. The van der Waals surface area contributed by atoms with Crippen LogP contribution in [0.5, 0.6) is 0 Å². The Labute approximate surface area is 140 Å². The smallest absolute Gasteiger partial charge is 0.346 e. The van der Waals surface area contributed by atoms with Gasteiger partial charge in [-0.25, -0.2) is 4.79 Å². The van der Waals surface area contributed by atoms with Crippen molar-refractivity contribution in [3.63, 3.8) is 0 Å². The van der Waals surface area contributed by atoms with Crippen molar-refractivity contribution in [2.45, 2.75) is 30.8 Å². The minimum Gasteiger partial charge on any atom is -0.423 e. The number of piperidine rings is 2. The molecule has 130 valence electrons. The third kappa shape index (κ3) is 2.11. The molecule has 0 radical (unpaired) electrons. The SMILES string of the molecule is O=C1N2C[C@@H](CC[C@H]2c2nnc(C3[C@H]4CNC[C@@H]34)o2)N1OS(=O)O. The van der Waals surface area contributed by atoms with Crippen molar-refractivity contribution in [2.24, 2.45) is 11.8 Å². The fourth-order valence-corrected chi connectivity index (χ4v) is 4.68. The number of carbonyl (C=O) groups is 1. The van der Waals surface area contributed by atoms with Crippen molar-refractivity contribution in [1.82, 2.24) is 25.5 Å². The Balaban J connectivity index is 1.34. The van der Waals surface area contributed by atoms with E-state index >= 15 is 0 Å². The molecule has 0 spiro atoms. The summed E-state index contributed by atoms with van der Waals surface area (Å²) in [4.78, 5) is 14.0. The van der Waals surface area contributed by atoms with Gasteiger partial charge in [-0.1, -0.05) is 0 Å². The molecule has 4 heterocycles. The van der Waals surface area contributed by atoms with Gasteiger partial charge in [-0.05, 0) is 37.8 Å². The number of carbonyl (C=O) groups excluding carboxylic acids is 1. The first kappa shape index (κ1) is 14.8. The number of hydrogen-bond donors (Lipinski definition) is 2. The fourth-order valence-electron chi connectivity index (χ4n) is 4.36. The monoisotopic (exact) mass is 355 g/mol. The molecule has 1 saturated carbocycles. The summed E-state index contributed by atoms with van der Waals surface area (Å²) < 4.78 is 30.3. The molecule has 1 aliphatic carbocycles. The average molecular weight is 355 g/mol. The van der Waals surface area contributed by atoms with Gasteiger partial charge in [-0.3, -0.25) is 4.55 Å². The van der Waals surface area contributed by atoms with Crippen molar-refractivity contribution < 1.29 is 22.3 Å². The van der Waals surface area contributed by atoms with Crippen LogP contribution in [-0.2, 0) is 15.6 Å². The standard InChI is InChI=1S/C13H17N5O5S/c19-13-17-5-6(18(13)23-24(20)21)1-2-9(17)11-15-16-12(22-11)10-7-3-14-4-8(7)10/h6-10,14H,1-5H2,(H,20,21)/t6-,7-,8+,9+,10?/m1/s1. The van der Waals surface area contributed by atoms with Crippen molar-refractivity contribution in [1.29, 1.82) is 0 Å². The van der Waals surface area contributed by atoms with Gasteiger partial charge >= 0.3 is 17.4 Å². The van der Waals surface area contributed by atoms with Gasteiger partial charge in [0.2, 0.25) is 11.8 Å². The summed E-state index contributed by atoms with van der Waals surface area (Å²) in [6.07, 6.45) is 1.31. The van der Waals surface area contributed by atoms with E-state index in [1.54, 1.807) is 4.90 Å². The highest BCUT2D eigenvalue weighted by Gasteiger charge is 2.57. The zero-order valence-electron chi connectivity index (χ0n) is 12.7. The molecule has 6 atom stereocenters. The molecule has 4 fully saturated rings. The quantitative estimate of drug-likeness (QED) is 0.725. The second-order valence-corrected chi connectivity index (χ2v) is 7.37. The van der Waals surface area contributed by atoms with E-state index in [9.17, 15) is 9.00 Å². The molecule has 24 heavy (non-hydrogen) atoms. The van der Waals surface area contributed by atoms with Crippen molar-refractivity contribution in [2.75, 3.05) is 19.6 Å². The maximum Gasteiger partial charge on any atom is 0.346 e. The Morgan fingerprint density at radius 3 is 2.75 bits per heavy atom. The number of amides is 2. The maximum absolute atomic E-state index is 12.4. The third-order valence-corrected chi connectivity index (χ3v) is 5.87. The highest BCUT2D eigenvalue weighted by atomic mass is 32.2. The van der Waals surface area contributed by atoms with E-state index in [0.29, 0.717) is 48.9 Å². The molecule has 0 aromatic carbocycles. The normalized spacial score (nSPS) is 38.5. The lowest BCUT2D eigenvalue weighted by molar-refractivity contribution is -0.0230. The predicted octanol–water partition coefficient (Wildman–Crippen LogP) is 0.0118. The Morgan fingerprint density at radius 1 is 1.25 bits per heavy atom. The van der Waals surface area contributed by atoms with Crippen LogP contribution in [0.3, 0.4) is 0 Å². The maximum atomic E-state index is 12.4. The molecule has 2 bridgehead atoms. The number of urea groups is 1. The molecule has 1 aromatic rings. The lowest BCUT2D eigenvalue weighted by Crippen LogP contribution is -2.34. The van der Waals surface area contributed by atoms with E-state index in [1.165, 1.54) is 0 Å². The Kier molecular flexibility index (Phi) is 3.21. The third-order valence-electron chi connectivity index (χ3n) is 5.59. The van der Waals surface area contributed by atoms with Gasteiger partial charge in [0.15, 0.2) is 0 Å². The first-order valence-electron chi connectivity index (χ1n) is 8.06. The molecule has 3 aliphatic heterocycles. The minimum atomic E-state index is -2.52. The van der Waals surface area contributed by atoms with E-state index < -0.39 is 17.4 Å². The number of fused-ring (bicyclic) bond motifs is 3. The Hall–Kier alpha value is -1.56. The van der Waals surface area contributed by atoms with Crippen LogP contribution < -0.4 is 5.32 Å². The van der Waals surface area contributed by atoms with Crippen molar-refractivity contribution >= 4 is 17.4 Å². The summed E-state index contributed by atoms with van der Waals surface area (Å²) in [5, 5.41) is 12.7. The van der Waals surface area contributed by atoms with Crippen LogP contribution in [0, 0.1) is 11.8 Å². The number of hydroxylamine groups is 2. The number of hydrogen-bond acceptors (Lipinski definition) is 7. The summed E-state index contributed by atoms with van der Waals surface area (Å²) >= 11 is -2.52. The number of rotatable bonds is 4. The van der Waals surface area contributed by atoms with Crippen molar-refractivity contribution in [3.05, 3.63) is 11.8 Å². The van der Waals surface area contributed by atoms with E-state index in [-0.39, 0.29) is 12.1 Å². The Bertz CT molecular complexity index is 703. The van der Waals surface area contributed by atoms with Gasteiger partial charge in [0.05, 0.1) is 6.04 Å². The summed E-state index contributed by atoms with van der Waals surface area (Å²) in [5.74, 6) is 2.63. The summed E-state index contributed by atoms with van der Waals surface area (Å²) in [6, 6.07) is -0.953. The second kappa shape index (κ2) is 5.22. The summed E-state index contributed by atoms with van der Waals surface area (Å²) in [7, 11) is 0. The van der Waals surface area contributed by atoms with Gasteiger partial charge in [-0.15, -0.1) is 14.5 Å². The largest absolute Gasteiger partial charge is 0.423 e. The molecule has 5 rings (SSSR count). The molecule has 4 aliphatic rings. The minimum absolute atomic E-state index is 0.221. The first-order valence-corrected chi connectivity index (χ1v) is 9.10. The van der Waals surface area contributed by atoms with Crippen LogP contribution in [0.15, 0.2) is 4.42 Å². The van der Waals surface area contributed by atoms with Crippen LogP contribution in [0.1, 0.15) is 36.6 Å². The van der Waals surface area contributed by atoms with Crippen molar-refractivity contribution in [3.8, 4) is 0 Å². The average Bonchev–Trinajstić information content (AvgIpc) is 2.97. The van der Waals surface area contributed by atoms with Crippen LogP contribution in [0.4, 0.5) is 4.79 Å². The zero-order valence-corrected chi connectivity index (χ0v) is 13.5. The van der Waals surface area contributed by atoms with Crippen LogP contribution >= 0.6 is 0 Å². The Morgan fingerprint density at radius 2 is 2.00 bits per heavy atom.